The SMILES string of the molecule is Cc1cn(-c2ccc3n(c2=O)C[C@@H](C)N(Cc2ccc(C)c(N4CCCCC4)c2)C3=O)cn1. The summed E-state index contributed by atoms with van der Waals surface area (Å²) in [5.74, 6) is -0.0979. The van der Waals surface area contributed by atoms with Gasteiger partial charge in [-0.05, 0) is 69.4 Å². The van der Waals surface area contributed by atoms with Crippen LogP contribution in [-0.4, -0.2) is 44.1 Å². The Morgan fingerprint density at radius 3 is 2.52 bits per heavy atom. The van der Waals surface area contributed by atoms with E-state index < -0.39 is 0 Å². The molecule has 172 valence electrons. The number of aromatic nitrogens is 3. The smallest absolute Gasteiger partial charge is 0.275 e. The van der Waals surface area contributed by atoms with Crippen molar-refractivity contribution in [3.63, 3.8) is 0 Å². The van der Waals surface area contributed by atoms with E-state index in [1.54, 1.807) is 27.6 Å². The molecule has 33 heavy (non-hydrogen) atoms. The molecule has 0 saturated carbocycles. The van der Waals surface area contributed by atoms with E-state index in [-0.39, 0.29) is 17.5 Å². The van der Waals surface area contributed by atoms with Crippen LogP contribution in [0.4, 0.5) is 5.69 Å². The van der Waals surface area contributed by atoms with Gasteiger partial charge in [-0.15, -0.1) is 0 Å². The van der Waals surface area contributed by atoms with Gasteiger partial charge in [0.1, 0.15) is 11.4 Å². The van der Waals surface area contributed by atoms with Crippen molar-refractivity contribution in [3.05, 3.63) is 75.7 Å². The summed E-state index contributed by atoms with van der Waals surface area (Å²) in [4.78, 5) is 35.2. The average molecular weight is 446 g/mol. The van der Waals surface area contributed by atoms with Gasteiger partial charge in [-0.1, -0.05) is 12.1 Å². The van der Waals surface area contributed by atoms with Crippen LogP contribution in [0.1, 0.15) is 53.5 Å². The number of carbonyl (C=O) groups excluding carboxylic acids is 1. The fourth-order valence-corrected chi connectivity index (χ4v) is 5.05. The molecule has 4 heterocycles. The van der Waals surface area contributed by atoms with Gasteiger partial charge in [0, 0.05) is 44.1 Å². The number of benzene rings is 1. The molecule has 0 radical (unpaired) electrons. The number of fused-ring (bicyclic) bond motifs is 1. The van der Waals surface area contributed by atoms with Crippen molar-refractivity contribution in [3.8, 4) is 5.69 Å². The van der Waals surface area contributed by atoms with Crippen LogP contribution in [0.3, 0.4) is 0 Å². The third kappa shape index (κ3) is 3.96. The van der Waals surface area contributed by atoms with Gasteiger partial charge < -0.3 is 18.9 Å². The molecule has 2 aliphatic rings. The van der Waals surface area contributed by atoms with Gasteiger partial charge >= 0.3 is 0 Å². The van der Waals surface area contributed by atoms with Crippen LogP contribution in [0, 0.1) is 13.8 Å². The summed E-state index contributed by atoms with van der Waals surface area (Å²) in [5, 5.41) is 0. The second-order valence-electron chi connectivity index (χ2n) is 9.39. The molecule has 7 heteroatoms. The third-order valence-electron chi connectivity index (χ3n) is 6.93. The Kier molecular flexibility index (Phi) is 5.56. The second-order valence-corrected chi connectivity index (χ2v) is 9.39. The molecule has 0 N–H and O–H groups in total. The standard InChI is InChI=1S/C26H31N5O2/c1-18-7-8-21(13-24(18)28-11-5-4-6-12-28)16-30-20(3)15-31-23(26(30)33)10-9-22(25(31)32)29-14-19(2)27-17-29/h7-10,13-14,17,20H,4-6,11-12,15-16H2,1-3H3/t20-/m1/s1. The largest absolute Gasteiger partial charge is 0.371 e. The van der Waals surface area contributed by atoms with E-state index in [4.69, 9.17) is 0 Å². The van der Waals surface area contributed by atoms with E-state index in [0.29, 0.717) is 24.5 Å². The summed E-state index contributed by atoms with van der Waals surface area (Å²) in [7, 11) is 0. The van der Waals surface area contributed by atoms with E-state index >= 15 is 0 Å². The van der Waals surface area contributed by atoms with Gasteiger partial charge in [0.2, 0.25) is 0 Å². The number of amides is 1. The monoisotopic (exact) mass is 445 g/mol. The molecular formula is C26H31N5O2. The zero-order valence-electron chi connectivity index (χ0n) is 19.6. The van der Waals surface area contributed by atoms with Gasteiger partial charge in [-0.2, -0.15) is 0 Å². The minimum atomic E-state index is -0.160. The first-order valence-corrected chi connectivity index (χ1v) is 11.8. The van der Waals surface area contributed by atoms with Crippen molar-refractivity contribution in [1.82, 2.24) is 19.0 Å². The second kappa shape index (κ2) is 8.54. The lowest BCUT2D eigenvalue weighted by Gasteiger charge is -2.36. The van der Waals surface area contributed by atoms with Gasteiger partial charge in [0.15, 0.2) is 0 Å². The van der Waals surface area contributed by atoms with Crippen LogP contribution < -0.4 is 10.5 Å². The summed E-state index contributed by atoms with van der Waals surface area (Å²) >= 11 is 0. The number of imidazole rings is 1. The fraction of sp³-hybridized carbons (Fsp3) is 0.423. The summed E-state index contributed by atoms with van der Waals surface area (Å²) < 4.78 is 3.34. The van der Waals surface area contributed by atoms with Gasteiger partial charge in [0.25, 0.3) is 11.5 Å². The van der Waals surface area contributed by atoms with Gasteiger partial charge in [-0.3, -0.25) is 9.59 Å². The van der Waals surface area contributed by atoms with E-state index in [1.807, 2.05) is 24.9 Å². The average Bonchev–Trinajstić information content (AvgIpc) is 3.25. The Morgan fingerprint density at radius 2 is 1.79 bits per heavy atom. The predicted octanol–water partition coefficient (Wildman–Crippen LogP) is 3.69. The first-order valence-electron chi connectivity index (χ1n) is 11.8. The Hall–Kier alpha value is -3.35. The zero-order valence-corrected chi connectivity index (χ0v) is 19.6. The number of hydrogen-bond acceptors (Lipinski definition) is 4. The minimum Gasteiger partial charge on any atom is -0.371 e. The summed E-state index contributed by atoms with van der Waals surface area (Å²) in [6, 6.07) is 9.93. The number of hydrogen-bond donors (Lipinski definition) is 0. The fourth-order valence-electron chi connectivity index (χ4n) is 5.05. The molecule has 1 fully saturated rings. The molecule has 2 aromatic heterocycles. The summed E-state index contributed by atoms with van der Waals surface area (Å²) in [6.07, 6.45) is 7.23. The molecule has 1 aromatic carbocycles. The Balaban J connectivity index is 1.42. The molecule has 1 amide bonds. The van der Waals surface area contributed by atoms with E-state index in [9.17, 15) is 9.59 Å². The number of carbonyl (C=O) groups is 1. The number of rotatable bonds is 4. The van der Waals surface area contributed by atoms with Crippen molar-refractivity contribution in [2.24, 2.45) is 0 Å². The van der Waals surface area contributed by atoms with Crippen molar-refractivity contribution in [2.75, 3.05) is 18.0 Å². The van der Waals surface area contributed by atoms with Crippen molar-refractivity contribution in [2.45, 2.75) is 59.2 Å². The Bertz CT molecular complexity index is 1250. The van der Waals surface area contributed by atoms with E-state index in [1.165, 1.54) is 30.5 Å². The maximum Gasteiger partial charge on any atom is 0.275 e. The number of piperidine rings is 1. The van der Waals surface area contributed by atoms with Gasteiger partial charge in [0.05, 0.1) is 12.0 Å². The molecule has 7 nitrogen and oxygen atoms in total. The normalized spacial score (nSPS) is 18.5. The van der Waals surface area contributed by atoms with Crippen LogP contribution in [0.5, 0.6) is 0 Å². The van der Waals surface area contributed by atoms with Crippen molar-refractivity contribution in [1.29, 1.82) is 0 Å². The summed E-state index contributed by atoms with van der Waals surface area (Å²) in [6.45, 7) is 9.27. The lowest BCUT2D eigenvalue weighted by atomic mass is 10.0. The highest BCUT2D eigenvalue weighted by molar-refractivity contribution is 5.93. The van der Waals surface area contributed by atoms with E-state index in [2.05, 4.69) is 35.0 Å². The Labute approximate surface area is 194 Å². The number of nitrogens with zero attached hydrogens (tertiary/aromatic N) is 5. The van der Waals surface area contributed by atoms with Gasteiger partial charge in [-0.25, -0.2) is 4.98 Å². The molecule has 0 bridgehead atoms. The van der Waals surface area contributed by atoms with Crippen molar-refractivity contribution >= 4 is 11.6 Å². The minimum absolute atomic E-state index is 0.0813. The highest BCUT2D eigenvalue weighted by atomic mass is 16.2. The maximum absolute atomic E-state index is 13.4. The Morgan fingerprint density at radius 1 is 1.00 bits per heavy atom. The predicted molar refractivity (Wildman–Crippen MR) is 129 cm³/mol. The lowest BCUT2D eigenvalue weighted by Crippen LogP contribution is -2.49. The molecule has 1 saturated heterocycles. The molecule has 0 aliphatic carbocycles. The van der Waals surface area contributed by atoms with Crippen LogP contribution in [0.15, 0.2) is 47.7 Å². The number of pyridine rings is 1. The van der Waals surface area contributed by atoms with Crippen LogP contribution in [0.2, 0.25) is 0 Å². The molecule has 0 unspecified atom stereocenters. The molecule has 0 spiro atoms. The van der Waals surface area contributed by atoms with Crippen LogP contribution >= 0.6 is 0 Å². The molecular weight excluding hydrogens is 414 g/mol. The van der Waals surface area contributed by atoms with Crippen molar-refractivity contribution < 1.29 is 4.79 Å². The molecule has 5 rings (SSSR count). The number of aryl methyl sites for hydroxylation is 2. The lowest BCUT2D eigenvalue weighted by molar-refractivity contribution is 0.0590. The molecule has 2 aliphatic heterocycles. The topological polar surface area (TPSA) is 63.4 Å². The van der Waals surface area contributed by atoms with Crippen LogP contribution in [0.25, 0.3) is 5.69 Å². The first kappa shape index (κ1) is 21.5. The highest BCUT2D eigenvalue weighted by Crippen LogP contribution is 2.27. The summed E-state index contributed by atoms with van der Waals surface area (Å²) in [5.41, 5.74) is 5.32. The van der Waals surface area contributed by atoms with Crippen LogP contribution in [-0.2, 0) is 13.1 Å². The molecule has 1 atom stereocenters. The first-order chi connectivity index (χ1) is 15.9. The highest BCUT2D eigenvalue weighted by Gasteiger charge is 2.31. The number of anilines is 1. The zero-order chi connectivity index (χ0) is 23.1. The van der Waals surface area contributed by atoms with E-state index in [0.717, 1.165) is 24.3 Å². The maximum atomic E-state index is 13.4. The third-order valence-corrected chi connectivity index (χ3v) is 6.93. The quantitative estimate of drug-likeness (QED) is 0.615. The molecule has 3 aromatic rings.